The van der Waals surface area contributed by atoms with Gasteiger partial charge in [-0.3, -0.25) is 4.98 Å². The number of aromatic nitrogens is 2. The van der Waals surface area contributed by atoms with E-state index in [2.05, 4.69) is 20.2 Å². The van der Waals surface area contributed by atoms with Gasteiger partial charge < -0.3 is 29.5 Å². The average molecular weight is 513 g/mol. The molecule has 2 saturated heterocycles. The smallest absolute Gasteiger partial charge is 0.409 e. The minimum Gasteiger partial charge on any atom is -0.453 e. The van der Waals surface area contributed by atoms with Crippen LogP contribution in [0.15, 0.2) is 30.6 Å². The number of morpholine rings is 1. The van der Waals surface area contributed by atoms with Gasteiger partial charge in [0.1, 0.15) is 17.5 Å². The number of nitrogens with zero attached hydrogens (tertiary/aromatic N) is 5. The largest absolute Gasteiger partial charge is 0.453 e. The van der Waals surface area contributed by atoms with E-state index in [1.807, 2.05) is 24.8 Å². The summed E-state index contributed by atoms with van der Waals surface area (Å²) < 4.78 is 39.7. The number of piperazine rings is 1. The first kappa shape index (κ1) is 24.9. The molecule has 1 aromatic carbocycles. The monoisotopic (exact) mass is 512 g/mol. The molecule has 3 aromatic rings. The van der Waals surface area contributed by atoms with E-state index in [4.69, 9.17) is 9.47 Å². The zero-order valence-corrected chi connectivity index (χ0v) is 21.1. The lowest BCUT2D eigenvalue weighted by molar-refractivity contribution is 0.103. The molecule has 2 aliphatic rings. The first-order valence-corrected chi connectivity index (χ1v) is 12.3. The molecule has 0 unspecified atom stereocenters. The van der Waals surface area contributed by atoms with Gasteiger partial charge in [0, 0.05) is 56.5 Å². The van der Waals surface area contributed by atoms with Gasteiger partial charge in [0.25, 0.3) is 0 Å². The third kappa shape index (κ3) is 4.95. The van der Waals surface area contributed by atoms with Crippen molar-refractivity contribution in [3.8, 4) is 0 Å². The molecule has 1 N–H and O–H groups in total. The Morgan fingerprint density at radius 3 is 2.62 bits per heavy atom. The Bertz CT molecular complexity index is 1320. The summed E-state index contributed by atoms with van der Waals surface area (Å²) in [5, 5.41) is 3.56. The zero-order chi connectivity index (χ0) is 26.1. The Hall–Kier alpha value is -3.73. The molecule has 11 heteroatoms. The van der Waals surface area contributed by atoms with Crippen LogP contribution in [0.4, 0.5) is 36.5 Å². The molecule has 0 saturated carbocycles. The predicted octanol–water partition coefficient (Wildman–Crippen LogP) is 4.07. The van der Waals surface area contributed by atoms with Gasteiger partial charge in [-0.05, 0) is 19.9 Å². The van der Waals surface area contributed by atoms with Crippen molar-refractivity contribution in [2.75, 3.05) is 68.2 Å². The van der Waals surface area contributed by atoms with E-state index in [9.17, 15) is 9.18 Å². The van der Waals surface area contributed by atoms with Crippen LogP contribution in [-0.2, 0) is 9.47 Å². The highest BCUT2D eigenvalue weighted by atomic mass is 19.1. The van der Waals surface area contributed by atoms with Crippen molar-refractivity contribution >= 4 is 39.9 Å². The fourth-order valence-electron chi connectivity index (χ4n) is 5.03. The minimum atomic E-state index is -0.696. The van der Waals surface area contributed by atoms with Gasteiger partial charge in [-0.1, -0.05) is 0 Å². The highest BCUT2D eigenvalue weighted by Crippen LogP contribution is 2.37. The van der Waals surface area contributed by atoms with Crippen LogP contribution in [0.2, 0.25) is 0 Å². The third-order valence-electron chi connectivity index (χ3n) is 6.93. The predicted molar refractivity (Wildman–Crippen MR) is 138 cm³/mol. The van der Waals surface area contributed by atoms with Crippen LogP contribution >= 0.6 is 0 Å². The number of anilines is 4. The van der Waals surface area contributed by atoms with Crippen molar-refractivity contribution in [3.05, 3.63) is 47.8 Å². The topological polar surface area (TPSA) is 83.1 Å². The summed E-state index contributed by atoms with van der Waals surface area (Å²) in [4.78, 5) is 27.0. The molecular formula is C26H30F2N6O3. The van der Waals surface area contributed by atoms with E-state index in [1.165, 1.54) is 13.2 Å². The first-order chi connectivity index (χ1) is 17.9. The molecule has 5 rings (SSSR count). The number of hydrogen-bond acceptors (Lipinski definition) is 8. The number of ether oxygens (including phenoxy) is 2. The second-order valence-corrected chi connectivity index (χ2v) is 9.33. The van der Waals surface area contributed by atoms with E-state index in [0.717, 1.165) is 24.8 Å². The fraction of sp³-hybridized carbons (Fsp3) is 0.423. The van der Waals surface area contributed by atoms with Gasteiger partial charge in [-0.2, -0.15) is 0 Å². The summed E-state index contributed by atoms with van der Waals surface area (Å²) in [5.74, 6) is -0.785. The van der Waals surface area contributed by atoms with Crippen molar-refractivity contribution in [1.82, 2.24) is 14.9 Å². The number of benzene rings is 1. The number of methoxy groups -OCH3 is 1. The van der Waals surface area contributed by atoms with Gasteiger partial charge >= 0.3 is 6.09 Å². The molecule has 0 radical (unpaired) electrons. The summed E-state index contributed by atoms with van der Waals surface area (Å²) in [5.41, 5.74) is 3.04. The number of carbonyl (C=O) groups is 1. The van der Waals surface area contributed by atoms with Crippen LogP contribution in [0.1, 0.15) is 12.5 Å². The number of pyridine rings is 2. The summed E-state index contributed by atoms with van der Waals surface area (Å²) in [6.45, 7) is 8.06. The van der Waals surface area contributed by atoms with E-state index in [1.54, 1.807) is 17.3 Å². The Morgan fingerprint density at radius 1 is 1.11 bits per heavy atom. The van der Waals surface area contributed by atoms with Crippen molar-refractivity contribution in [2.24, 2.45) is 0 Å². The lowest BCUT2D eigenvalue weighted by Crippen LogP contribution is -2.54. The standard InChI is InChI=1S/C26H30F2N6O3/c1-16-15-33(4-5-34(16)26(35)36-3)25-17(2)24(23-21(28)10-18(27)11-22(23)31-25)30-19-12-20(14-29-13-19)32-6-8-37-9-7-32/h10-14,16H,4-9,15H2,1-3H3,(H,30,31)/t16-/m0/s1. The molecule has 2 fully saturated rings. The number of amides is 1. The highest BCUT2D eigenvalue weighted by Gasteiger charge is 2.30. The van der Waals surface area contributed by atoms with Gasteiger partial charge in [0.15, 0.2) is 0 Å². The molecule has 196 valence electrons. The molecule has 0 aliphatic carbocycles. The maximum absolute atomic E-state index is 15.1. The normalized spacial score (nSPS) is 18.3. The maximum atomic E-state index is 15.1. The summed E-state index contributed by atoms with van der Waals surface area (Å²) in [6, 6.07) is 3.94. The van der Waals surface area contributed by atoms with Gasteiger partial charge in [0.2, 0.25) is 0 Å². The lowest BCUT2D eigenvalue weighted by atomic mass is 10.1. The fourth-order valence-corrected chi connectivity index (χ4v) is 5.03. The molecule has 1 atom stereocenters. The van der Waals surface area contributed by atoms with Gasteiger partial charge in [-0.15, -0.1) is 0 Å². The van der Waals surface area contributed by atoms with Crippen LogP contribution in [0, 0.1) is 18.6 Å². The van der Waals surface area contributed by atoms with E-state index in [0.29, 0.717) is 55.6 Å². The number of fused-ring (bicyclic) bond motifs is 1. The average Bonchev–Trinajstić information content (AvgIpc) is 2.90. The Morgan fingerprint density at radius 2 is 1.89 bits per heavy atom. The molecule has 4 heterocycles. The van der Waals surface area contributed by atoms with Crippen molar-refractivity contribution in [2.45, 2.75) is 19.9 Å². The first-order valence-electron chi connectivity index (χ1n) is 12.3. The van der Waals surface area contributed by atoms with E-state index < -0.39 is 11.6 Å². The van der Waals surface area contributed by atoms with Crippen molar-refractivity contribution < 1.29 is 23.0 Å². The van der Waals surface area contributed by atoms with Gasteiger partial charge in [-0.25, -0.2) is 18.6 Å². The molecule has 0 bridgehead atoms. The SMILES string of the molecule is COC(=O)N1CCN(c2nc3cc(F)cc(F)c3c(Nc3cncc(N4CCOCC4)c3)c2C)C[C@@H]1C. The summed E-state index contributed by atoms with van der Waals surface area (Å²) >= 11 is 0. The quantitative estimate of drug-likeness (QED) is 0.560. The molecule has 2 aromatic heterocycles. The number of nitrogens with one attached hydrogen (secondary N) is 1. The Kier molecular flexibility index (Phi) is 6.96. The molecule has 0 spiro atoms. The second kappa shape index (κ2) is 10.3. The number of halogens is 2. The molecule has 1 amide bonds. The number of carbonyl (C=O) groups excluding carboxylic acids is 1. The molecule has 37 heavy (non-hydrogen) atoms. The molecule has 2 aliphatic heterocycles. The van der Waals surface area contributed by atoms with Gasteiger partial charge in [0.05, 0.1) is 60.7 Å². The minimum absolute atomic E-state index is 0.131. The number of rotatable bonds is 4. The zero-order valence-electron chi connectivity index (χ0n) is 21.1. The lowest BCUT2D eigenvalue weighted by Gasteiger charge is -2.40. The van der Waals surface area contributed by atoms with Crippen LogP contribution in [0.5, 0.6) is 0 Å². The second-order valence-electron chi connectivity index (χ2n) is 9.33. The van der Waals surface area contributed by atoms with E-state index in [-0.39, 0.29) is 23.0 Å². The summed E-state index contributed by atoms with van der Waals surface area (Å²) in [6.07, 6.45) is 3.08. The van der Waals surface area contributed by atoms with Crippen LogP contribution in [0.3, 0.4) is 0 Å². The Balaban J connectivity index is 1.54. The maximum Gasteiger partial charge on any atom is 0.409 e. The molecular weight excluding hydrogens is 482 g/mol. The van der Waals surface area contributed by atoms with E-state index >= 15 is 4.39 Å². The number of hydrogen-bond donors (Lipinski definition) is 1. The summed E-state index contributed by atoms with van der Waals surface area (Å²) in [7, 11) is 1.36. The van der Waals surface area contributed by atoms with Crippen LogP contribution < -0.4 is 15.1 Å². The van der Waals surface area contributed by atoms with Crippen LogP contribution in [0.25, 0.3) is 10.9 Å². The van der Waals surface area contributed by atoms with Crippen molar-refractivity contribution in [1.29, 1.82) is 0 Å². The third-order valence-corrected chi connectivity index (χ3v) is 6.93. The highest BCUT2D eigenvalue weighted by molar-refractivity contribution is 5.97. The Labute approximate surface area is 214 Å². The molecule has 9 nitrogen and oxygen atoms in total. The van der Waals surface area contributed by atoms with Crippen molar-refractivity contribution in [3.63, 3.8) is 0 Å². The van der Waals surface area contributed by atoms with Crippen LogP contribution in [-0.4, -0.2) is 80.1 Å².